The monoisotopic (exact) mass is 346 g/mol. The Hall–Kier alpha value is -0.823. The molecule has 0 aliphatic heterocycles. The lowest BCUT2D eigenvalue weighted by Gasteiger charge is -2.32. The molecular formula is C17H28F2O3Si. The van der Waals surface area contributed by atoms with Crippen molar-refractivity contribution in [1.29, 1.82) is 0 Å². The van der Waals surface area contributed by atoms with Gasteiger partial charge in [0.15, 0.2) is 11.6 Å². The van der Waals surface area contributed by atoms with E-state index in [1.165, 1.54) is 6.07 Å². The van der Waals surface area contributed by atoms with Crippen LogP contribution in [0, 0.1) is 11.6 Å². The zero-order valence-electron chi connectivity index (χ0n) is 14.5. The van der Waals surface area contributed by atoms with Crippen molar-refractivity contribution in [2.45, 2.75) is 59.1 Å². The van der Waals surface area contributed by atoms with Crippen molar-refractivity contribution >= 4 is 8.80 Å². The van der Waals surface area contributed by atoms with Crippen molar-refractivity contribution in [3.05, 3.63) is 35.4 Å². The number of hydrogen-bond acceptors (Lipinski definition) is 3. The zero-order valence-corrected chi connectivity index (χ0v) is 15.5. The molecule has 23 heavy (non-hydrogen) atoms. The third-order valence-corrected chi connectivity index (χ3v) is 6.29. The van der Waals surface area contributed by atoms with Crippen molar-refractivity contribution < 1.29 is 22.1 Å². The summed E-state index contributed by atoms with van der Waals surface area (Å²) in [5.41, 5.74) is 0.608. The fraction of sp³-hybridized carbons (Fsp3) is 0.647. The smallest absolute Gasteiger partial charge is 0.373 e. The molecule has 0 spiro atoms. The Morgan fingerprint density at radius 2 is 1.57 bits per heavy atom. The second-order valence-electron chi connectivity index (χ2n) is 5.42. The van der Waals surface area contributed by atoms with Gasteiger partial charge in [-0.1, -0.05) is 33.8 Å². The number of halogens is 2. The van der Waals surface area contributed by atoms with Gasteiger partial charge in [0.25, 0.3) is 0 Å². The summed E-state index contributed by atoms with van der Waals surface area (Å²) in [6.45, 7) is 9.12. The predicted octanol–water partition coefficient (Wildman–Crippen LogP) is 5.24. The van der Waals surface area contributed by atoms with Crippen molar-refractivity contribution in [3.63, 3.8) is 0 Å². The summed E-state index contributed by atoms with van der Waals surface area (Å²) in [5.74, 6) is -1.72. The predicted molar refractivity (Wildman–Crippen MR) is 89.2 cm³/mol. The Labute approximate surface area is 139 Å². The third-order valence-electron chi connectivity index (χ3n) is 3.49. The average Bonchev–Trinajstić information content (AvgIpc) is 2.57. The Bertz CT molecular complexity index is 463. The van der Waals surface area contributed by atoms with E-state index >= 15 is 0 Å². The molecule has 3 nitrogen and oxygen atoms in total. The van der Waals surface area contributed by atoms with Crippen LogP contribution in [0.5, 0.6) is 0 Å². The average molecular weight is 346 g/mol. The highest BCUT2D eigenvalue weighted by Gasteiger charge is 2.41. The van der Waals surface area contributed by atoms with Crippen LogP contribution in [0.3, 0.4) is 0 Å². The van der Waals surface area contributed by atoms with Crippen molar-refractivity contribution in [1.82, 2.24) is 0 Å². The van der Waals surface area contributed by atoms with Crippen LogP contribution in [0.1, 0.15) is 58.6 Å². The maximum absolute atomic E-state index is 13.5. The molecule has 0 N–H and O–H groups in total. The molecule has 0 heterocycles. The van der Waals surface area contributed by atoms with Crippen LogP contribution in [-0.4, -0.2) is 22.0 Å². The summed E-state index contributed by atoms with van der Waals surface area (Å²) < 4.78 is 44.8. The lowest BCUT2D eigenvalue weighted by atomic mass is 10.1. The van der Waals surface area contributed by atoms with Crippen LogP contribution in [-0.2, 0) is 13.3 Å². The van der Waals surface area contributed by atoms with Gasteiger partial charge < -0.3 is 13.3 Å². The minimum absolute atomic E-state index is 0.370. The molecule has 0 saturated carbocycles. The molecule has 1 aromatic carbocycles. The van der Waals surface area contributed by atoms with Crippen LogP contribution < -0.4 is 0 Å². The molecule has 0 radical (unpaired) electrons. The number of benzene rings is 1. The summed E-state index contributed by atoms with van der Waals surface area (Å²) in [6.07, 6.45) is 2.00. The standard InChI is InChI=1S/C17H28F2O3Si/c1-5-11-20-23(8-4,21-12-6-2)22-17(7-3)14-9-10-15(18)16(19)13-14/h9-10,13,17H,5-8,11-12H2,1-4H3. The molecule has 6 heteroatoms. The van der Waals surface area contributed by atoms with Gasteiger partial charge in [-0.15, -0.1) is 0 Å². The lowest BCUT2D eigenvalue weighted by molar-refractivity contribution is 0.0251. The van der Waals surface area contributed by atoms with Crippen LogP contribution in [0.25, 0.3) is 0 Å². The second-order valence-corrected chi connectivity index (χ2v) is 8.31. The van der Waals surface area contributed by atoms with E-state index in [1.807, 2.05) is 27.7 Å². The van der Waals surface area contributed by atoms with E-state index in [2.05, 4.69) is 0 Å². The molecule has 0 amide bonds. The van der Waals surface area contributed by atoms with E-state index in [0.29, 0.717) is 31.2 Å². The Balaban J connectivity index is 2.97. The van der Waals surface area contributed by atoms with Gasteiger partial charge in [-0.2, -0.15) is 0 Å². The topological polar surface area (TPSA) is 27.7 Å². The molecule has 0 aliphatic rings. The maximum Gasteiger partial charge on any atom is 0.501 e. The Morgan fingerprint density at radius 1 is 0.957 bits per heavy atom. The first-order chi connectivity index (χ1) is 11.0. The molecular weight excluding hydrogens is 318 g/mol. The minimum atomic E-state index is -2.83. The summed E-state index contributed by atoms with van der Waals surface area (Å²) in [6, 6.07) is 4.53. The van der Waals surface area contributed by atoms with Gasteiger partial charge in [-0.05, 0) is 37.0 Å². The van der Waals surface area contributed by atoms with Gasteiger partial charge in [0.2, 0.25) is 0 Å². The number of rotatable bonds is 11. The molecule has 1 atom stereocenters. The minimum Gasteiger partial charge on any atom is -0.373 e. The first-order valence-electron chi connectivity index (χ1n) is 8.42. The summed E-state index contributed by atoms with van der Waals surface area (Å²) in [5, 5.41) is 0. The third kappa shape index (κ3) is 5.95. The van der Waals surface area contributed by atoms with Gasteiger partial charge in [0.05, 0.1) is 6.10 Å². The first-order valence-corrected chi connectivity index (χ1v) is 10.4. The van der Waals surface area contributed by atoms with Crippen LogP contribution >= 0.6 is 0 Å². The van der Waals surface area contributed by atoms with Gasteiger partial charge in [0.1, 0.15) is 0 Å². The highest BCUT2D eigenvalue weighted by molar-refractivity contribution is 6.60. The van der Waals surface area contributed by atoms with E-state index in [0.717, 1.165) is 18.9 Å². The van der Waals surface area contributed by atoms with E-state index in [9.17, 15) is 8.78 Å². The largest absolute Gasteiger partial charge is 0.501 e. The summed E-state index contributed by atoms with van der Waals surface area (Å²) in [4.78, 5) is 0. The normalized spacial score (nSPS) is 13.3. The van der Waals surface area contributed by atoms with Gasteiger partial charge >= 0.3 is 8.80 Å². The Kier molecular flexibility index (Phi) is 8.90. The first kappa shape index (κ1) is 20.2. The van der Waals surface area contributed by atoms with E-state index in [-0.39, 0.29) is 6.10 Å². The van der Waals surface area contributed by atoms with Gasteiger partial charge in [-0.25, -0.2) is 8.78 Å². The second kappa shape index (κ2) is 10.1. The van der Waals surface area contributed by atoms with Crippen LogP contribution in [0.2, 0.25) is 6.04 Å². The van der Waals surface area contributed by atoms with Crippen LogP contribution in [0.4, 0.5) is 8.78 Å². The van der Waals surface area contributed by atoms with Crippen molar-refractivity contribution in [2.75, 3.05) is 13.2 Å². The van der Waals surface area contributed by atoms with E-state index in [4.69, 9.17) is 13.3 Å². The molecule has 0 fully saturated rings. The van der Waals surface area contributed by atoms with Crippen molar-refractivity contribution in [3.8, 4) is 0 Å². The summed E-state index contributed by atoms with van der Waals surface area (Å²) >= 11 is 0. The van der Waals surface area contributed by atoms with Crippen molar-refractivity contribution in [2.24, 2.45) is 0 Å². The van der Waals surface area contributed by atoms with Crippen LogP contribution in [0.15, 0.2) is 18.2 Å². The quantitative estimate of drug-likeness (QED) is 0.513. The van der Waals surface area contributed by atoms with Gasteiger partial charge in [0, 0.05) is 19.3 Å². The molecule has 1 rings (SSSR count). The molecule has 0 aromatic heterocycles. The van der Waals surface area contributed by atoms with E-state index in [1.54, 1.807) is 6.07 Å². The molecule has 0 saturated heterocycles. The van der Waals surface area contributed by atoms with Gasteiger partial charge in [-0.3, -0.25) is 0 Å². The Morgan fingerprint density at radius 3 is 2.00 bits per heavy atom. The zero-order chi connectivity index (χ0) is 17.3. The molecule has 0 bridgehead atoms. The number of hydrogen-bond donors (Lipinski definition) is 0. The fourth-order valence-electron chi connectivity index (χ4n) is 2.23. The molecule has 0 aliphatic carbocycles. The fourth-order valence-corrected chi connectivity index (χ4v) is 4.79. The summed E-state index contributed by atoms with van der Waals surface area (Å²) in [7, 11) is -2.83. The molecule has 1 unspecified atom stereocenters. The van der Waals surface area contributed by atoms with E-state index < -0.39 is 20.4 Å². The highest BCUT2D eigenvalue weighted by Crippen LogP contribution is 2.29. The molecule has 132 valence electrons. The highest BCUT2D eigenvalue weighted by atomic mass is 28.4. The SMILES string of the molecule is CCCO[Si](CC)(OCCC)OC(CC)c1ccc(F)c(F)c1. The lowest BCUT2D eigenvalue weighted by Crippen LogP contribution is -2.46. The molecule has 1 aromatic rings. The maximum atomic E-state index is 13.5.